The molecule has 0 aromatic carbocycles. The van der Waals surface area contributed by atoms with Crippen LogP contribution in [0.15, 0.2) is 23.3 Å². The number of anilines is 1. The van der Waals surface area contributed by atoms with Crippen molar-refractivity contribution < 1.29 is 14.3 Å². The van der Waals surface area contributed by atoms with Crippen LogP contribution in [0.4, 0.5) is 10.6 Å². The fourth-order valence-corrected chi connectivity index (χ4v) is 4.12. The lowest BCUT2D eigenvalue weighted by Crippen LogP contribution is -2.53. The molecule has 0 spiro atoms. The van der Waals surface area contributed by atoms with Crippen molar-refractivity contribution in [2.24, 2.45) is 16.6 Å². The maximum absolute atomic E-state index is 12.0. The van der Waals surface area contributed by atoms with Crippen LogP contribution < -0.4 is 16.0 Å². The fourth-order valence-electron chi connectivity index (χ4n) is 4.12. The number of pyridine rings is 1. The third-order valence-corrected chi connectivity index (χ3v) is 5.90. The van der Waals surface area contributed by atoms with Gasteiger partial charge in [0.15, 0.2) is 5.96 Å². The number of piperidine rings is 1. The van der Waals surface area contributed by atoms with E-state index in [1.165, 1.54) is 0 Å². The zero-order valence-corrected chi connectivity index (χ0v) is 21.9. The van der Waals surface area contributed by atoms with E-state index < -0.39 is 0 Å². The number of nitrogens with two attached hydrogens (primary N) is 1. The Morgan fingerprint density at radius 2 is 1.82 bits per heavy atom. The lowest BCUT2D eigenvalue weighted by Gasteiger charge is -2.36. The highest BCUT2D eigenvalue weighted by atomic mass is 127. The predicted octanol–water partition coefficient (Wildman–Crippen LogP) is 1.64. The molecule has 0 atom stereocenters. The van der Waals surface area contributed by atoms with E-state index in [4.69, 9.17) is 15.5 Å². The number of carbonyl (C=O) groups excluding carboxylic acids is 2. The molecule has 2 fully saturated rings. The van der Waals surface area contributed by atoms with Crippen molar-refractivity contribution in [1.82, 2.24) is 20.1 Å². The maximum atomic E-state index is 12.0. The second-order valence-corrected chi connectivity index (χ2v) is 7.99. The highest BCUT2D eigenvalue weighted by molar-refractivity contribution is 14.0. The van der Waals surface area contributed by atoms with Gasteiger partial charge in [0, 0.05) is 63.5 Å². The van der Waals surface area contributed by atoms with Crippen molar-refractivity contribution in [3.05, 3.63) is 23.9 Å². The van der Waals surface area contributed by atoms with Gasteiger partial charge in [0.1, 0.15) is 5.82 Å². The lowest BCUT2D eigenvalue weighted by atomic mass is 9.96. The van der Waals surface area contributed by atoms with Crippen LogP contribution in [0.3, 0.4) is 0 Å². The first-order valence-electron chi connectivity index (χ1n) is 11.5. The van der Waals surface area contributed by atoms with E-state index in [1.807, 2.05) is 26.0 Å². The summed E-state index contributed by atoms with van der Waals surface area (Å²) in [5.74, 6) is 1.49. The lowest BCUT2D eigenvalue weighted by molar-refractivity contribution is -0.122. The van der Waals surface area contributed by atoms with E-state index in [0.717, 1.165) is 49.8 Å². The average Bonchev–Trinajstić information content (AvgIpc) is 2.82. The molecule has 11 heteroatoms. The molecule has 1 aromatic rings. The van der Waals surface area contributed by atoms with Gasteiger partial charge in [0.05, 0.1) is 13.2 Å². The van der Waals surface area contributed by atoms with E-state index in [1.54, 1.807) is 11.1 Å². The molecule has 0 aliphatic carbocycles. The molecule has 2 aliphatic heterocycles. The van der Waals surface area contributed by atoms with Gasteiger partial charge in [-0.1, -0.05) is 6.07 Å². The SMILES string of the molecule is CCNC(=NCc1cccnc1N1CCC(C(N)=O)CC1)N1CCN(C(=O)OCC)CC1.I. The molecular formula is C22H36IN7O3. The molecule has 0 radical (unpaired) electrons. The number of amides is 2. The van der Waals surface area contributed by atoms with E-state index in [2.05, 4.69) is 20.1 Å². The Balaban J connectivity index is 0.00000385. The maximum Gasteiger partial charge on any atom is 0.409 e. The monoisotopic (exact) mass is 573 g/mol. The van der Waals surface area contributed by atoms with Gasteiger partial charge in [0.25, 0.3) is 0 Å². The summed E-state index contributed by atoms with van der Waals surface area (Å²) in [6.45, 7) is 9.64. The summed E-state index contributed by atoms with van der Waals surface area (Å²) < 4.78 is 5.11. The highest BCUT2D eigenvalue weighted by Crippen LogP contribution is 2.25. The van der Waals surface area contributed by atoms with Gasteiger partial charge in [-0.05, 0) is 32.8 Å². The first kappa shape index (κ1) is 26.9. The molecule has 2 aliphatic rings. The summed E-state index contributed by atoms with van der Waals surface area (Å²) in [6.07, 6.45) is 3.04. The molecule has 0 unspecified atom stereocenters. The summed E-state index contributed by atoms with van der Waals surface area (Å²) in [4.78, 5) is 39.0. The van der Waals surface area contributed by atoms with Gasteiger partial charge < -0.3 is 30.5 Å². The number of nitrogens with one attached hydrogen (secondary N) is 1. The fraction of sp³-hybridized carbons (Fsp3) is 0.636. The van der Waals surface area contributed by atoms with E-state index in [-0.39, 0.29) is 41.9 Å². The molecule has 3 rings (SSSR count). The number of nitrogens with zero attached hydrogens (tertiary/aromatic N) is 5. The van der Waals surface area contributed by atoms with Crippen LogP contribution in [0.5, 0.6) is 0 Å². The Hall–Kier alpha value is -2.31. The van der Waals surface area contributed by atoms with Gasteiger partial charge >= 0.3 is 6.09 Å². The van der Waals surface area contributed by atoms with Crippen LogP contribution in [0.25, 0.3) is 0 Å². The van der Waals surface area contributed by atoms with Crippen LogP contribution in [0.2, 0.25) is 0 Å². The van der Waals surface area contributed by atoms with E-state index >= 15 is 0 Å². The number of hydrogen-bond donors (Lipinski definition) is 2. The average molecular weight is 573 g/mol. The van der Waals surface area contributed by atoms with Crippen LogP contribution >= 0.6 is 24.0 Å². The normalized spacial score (nSPS) is 17.4. The molecule has 3 heterocycles. The van der Waals surface area contributed by atoms with Gasteiger partial charge in [-0.25, -0.2) is 14.8 Å². The quantitative estimate of drug-likeness (QED) is 0.302. The molecule has 1 aromatic heterocycles. The predicted molar refractivity (Wildman–Crippen MR) is 139 cm³/mol. The second kappa shape index (κ2) is 13.4. The molecule has 33 heavy (non-hydrogen) atoms. The van der Waals surface area contributed by atoms with E-state index in [0.29, 0.717) is 39.3 Å². The molecule has 10 nitrogen and oxygen atoms in total. The third kappa shape index (κ3) is 7.34. The number of ether oxygens (including phenoxy) is 1. The number of aliphatic imine (C=N–C) groups is 1. The van der Waals surface area contributed by atoms with Crippen molar-refractivity contribution in [1.29, 1.82) is 0 Å². The van der Waals surface area contributed by atoms with Crippen LogP contribution in [0, 0.1) is 5.92 Å². The topological polar surface area (TPSA) is 116 Å². The number of carbonyl (C=O) groups is 2. The van der Waals surface area contributed by atoms with Crippen molar-refractivity contribution in [3.8, 4) is 0 Å². The Labute approximate surface area is 212 Å². The first-order chi connectivity index (χ1) is 15.5. The minimum atomic E-state index is -0.255. The number of halogens is 1. The largest absolute Gasteiger partial charge is 0.450 e. The molecule has 3 N–H and O–H groups in total. The number of rotatable bonds is 6. The van der Waals surface area contributed by atoms with Crippen molar-refractivity contribution >= 4 is 47.8 Å². The smallest absolute Gasteiger partial charge is 0.409 e. The Morgan fingerprint density at radius 3 is 2.42 bits per heavy atom. The van der Waals surface area contributed by atoms with Crippen molar-refractivity contribution in [3.63, 3.8) is 0 Å². The van der Waals surface area contributed by atoms with Crippen LogP contribution in [-0.2, 0) is 16.1 Å². The van der Waals surface area contributed by atoms with Crippen molar-refractivity contribution in [2.75, 3.05) is 57.3 Å². The molecule has 0 bridgehead atoms. The zero-order valence-electron chi connectivity index (χ0n) is 19.5. The standard InChI is InChI=1S/C22H35N7O3.HI/c1-3-24-21(28-12-14-29(15-13-28)22(31)32-4-2)26-16-18-6-5-9-25-20(18)27-10-7-17(8-11-27)19(23)30;/h5-6,9,17H,3-4,7-8,10-16H2,1-2H3,(H2,23,30)(H,24,26);1H. The van der Waals surface area contributed by atoms with Gasteiger partial charge in [-0.3, -0.25) is 4.79 Å². The third-order valence-electron chi connectivity index (χ3n) is 5.90. The van der Waals surface area contributed by atoms with Gasteiger partial charge in [-0.2, -0.15) is 0 Å². The summed E-state index contributed by atoms with van der Waals surface area (Å²) in [5.41, 5.74) is 6.52. The second-order valence-electron chi connectivity index (χ2n) is 7.99. The number of piperazine rings is 1. The number of hydrogen-bond acceptors (Lipinski definition) is 6. The van der Waals surface area contributed by atoms with Gasteiger partial charge in [-0.15, -0.1) is 24.0 Å². The van der Waals surface area contributed by atoms with Crippen molar-refractivity contribution in [2.45, 2.75) is 33.2 Å². The number of aromatic nitrogens is 1. The number of guanidine groups is 1. The van der Waals surface area contributed by atoms with Crippen LogP contribution in [0.1, 0.15) is 32.3 Å². The molecule has 2 saturated heterocycles. The number of primary amides is 1. The summed E-state index contributed by atoms with van der Waals surface area (Å²) in [5, 5.41) is 3.36. The molecule has 0 saturated carbocycles. The highest BCUT2D eigenvalue weighted by Gasteiger charge is 2.26. The summed E-state index contributed by atoms with van der Waals surface area (Å²) >= 11 is 0. The Bertz CT molecular complexity index is 807. The Kier molecular flexibility index (Phi) is 10.9. The Morgan fingerprint density at radius 1 is 1.15 bits per heavy atom. The van der Waals surface area contributed by atoms with E-state index in [9.17, 15) is 9.59 Å². The summed E-state index contributed by atoms with van der Waals surface area (Å²) in [6, 6.07) is 3.98. The van der Waals surface area contributed by atoms with Gasteiger partial charge in [0.2, 0.25) is 5.91 Å². The first-order valence-corrected chi connectivity index (χ1v) is 11.5. The molecule has 2 amide bonds. The summed E-state index contributed by atoms with van der Waals surface area (Å²) in [7, 11) is 0. The van der Waals surface area contributed by atoms with Crippen LogP contribution in [-0.4, -0.2) is 85.2 Å². The minimum absolute atomic E-state index is 0. The molecular weight excluding hydrogens is 537 g/mol. The minimum Gasteiger partial charge on any atom is -0.450 e. The zero-order chi connectivity index (χ0) is 22.9. The molecule has 184 valence electrons.